The summed E-state index contributed by atoms with van der Waals surface area (Å²) in [4.78, 5) is 75.7. The fourth-order valence-electron chi connectivity index (χ4n) is 7.07. The zero-order valence-corrected chi connectivity index (χ0v) is 22.6. The van der Waals surface area contributed by atoms with Crippen molar-refractivity contribution >= 4 is 35.4 Å². The van der Waals surface area contributed by atoms with Gasteiger partial charge in [0.05, 0.1) is 11.7 Å². The van der Waals surface area contributed by atoms with Crippen LogP contribution in [0.1, 0.15) is 62.1 Å². The lowest BCUT2D eigenvalue weighted by Crippen LogP contribution is -2.70. The fourth-order valence-corrected chi connectivity index (χ4v) is 7.07. The normalized spacial score (nSPS) is 22.9. The maximum atomic E-state index is 13.6. The third-order valence-electron chi connectivity index (χ3n) is 9.05. The Hall–Kier alpha value is -4.22. The molecule has 210 valence electrons. The van der Waals surface area contributed by atoms with Crippen LogP contribution in [0.25, 0.3) is 0 Å². The monoisotopic (exact) mass is 548 g/mol. The lowest BCUT2D eigenvalue weighted by Gasteiger charge is -2.50. The van der Waals surface area contributed by atoms with E-state index in [-0.39, 0.29) is 24.1 Å². The zero-order valence-electron chi connectivity index (χ0n) is 22.6. The van der Waals surface area contributed by atoms with Gasteiger partial charge in [-0.25, -0.2) is 9.59 Å². The molecule has 0 bridgehead atoms. The quantitative estimate of drug-likeness (QED) is 0.441. The van der Waals surface area contributed by atoms with Gasteiger partial charge in [0.1, 0.15) is 5.56 Å². The maximum absolute atomic E-state index is 13.6. The molecule has 12 nitrogen and oxygen atoms in total. The van der Waals surface area contributed by atoms with Crippen LogP contribution in [-0.4, -0.2) is 75.2 Å². The van der Waals surface area contributed by atoms with Crippen molar-refractivity contribution < 1.29 is 19.5 Å². The number of amides is 4. The van der Waals surface area contributed by atoms with E-state index in [1.54, 1.807) is 12.1 Å². The summed E-state index contributed by atoms with van der Waals surface area (Å²) >= 11 is 0. The number of hydrogen-bond donors (Lipinski definition) is 2. The van der Waals surface area contributed by atoms with E-state index in [1.807, 2.05) is 6.07 Å². The summed E-state index contributed by atoms with van der Waals surface area (Å²) in [5.74, 6) is -1.41. The van der Waals surface area contributed by atoms with Crippen LogP contribution in [0.5, 0.6) is 5.88 Å². The number of nitrogens with one attached hydrogen (secondary N) is 1. The highest BCUT2D eigenvalue weighted by Gasteiger charge is 2.63. The van der Waals surface area contributed by atoms with Crippen molar-refractivity contribution in [1.29, 1.82) is 0 Å². The molecule has 2 saturated heterocycles. The largest absolute Gasteiger partial charge is 0.494 e. The Morgan fingerprint density at radius 1 is 0.975 bits per heavy atom. The van der Waals surface area contributed by atoms with Crippen LogP contribution < -0.4 is 16.1 Å². The van der Waals surface area contributed by atoms with Crippen LogP contribution in [0, 0.1) is 5.41 Å². The molecule has 1 atom stereocenters. The Morgan fingerprint density at radius 2 is 1.68 bits per heavy atom. The average molecular weight is 549 g/mol. The number of barbiturate groups is 1. The molecule has 1 aliphatic carbocycles. The van der Waals surface area contributed by atoms with Crippen LogP contribution in [0.15, 0.2) is 32.8 Å². The van der Waals surface area contributed by atoms with Crippen LogP contribution in [0.4, 0.5) is 16.2 Å². The van der Waals surface area contributed by atoms with E-state index >= 15 is 0 Å². The molecule has 1 saturated carbocycles. The Kier molecular flexibility index (Phi) is 6.15. The summed E-state index contributed by atoms with van der Waals surface area (Å²) in [5, 5.41) is 10.9. The standard InChI is InChI=1S/C28H32N6O6/c1-31-24(37)28(25(38)32(2)27(31)40)14-16-13-17(10-11-20(16)33-12-6-9-21(28)33)29-15-19-22(35)30-26(39)34(23(19)36)18-7-4-3-5-8-18/h10-11,13,15,18,21,36H,3-9,12,14H2,1-2H3,(H,30,35,39)/t21-/m1/s1. The zero-order chi connectivity index (χ0) is 28.3. The molecule has 2 aromatic rings. The van der Waals surface area contributed by atoms with Gasteiger partial charge in [-0.15, -0.1) is 0 Å². The van der Waals surface area contributed by atoms with Crippen molar-refractivity contribution in [3.05, 3.63) is 50.2 Å². The number of fused-ring (bicyclic) bond motifs is 4. The molecule has 40 heavy (non-hydrogen) atoms. The molecule has 4 aliphatic rings. The van der Waals surface area contributed by atoms with Crippen LogP contribution in [0.2, 0.25) is 0 Å². The van der Waals surface area contributed by atoms with Gasteiger partial charge in [0, 0.05) is 38.6 Å². The Bertz CT molecular complexity index is 1540. The number of aliphatic imine (C=N–C) groups is 1. The highest BCUT2D eigenvalue weighted by Crippen LogP contribution is 2.49. The Balaban J connectivity index is 1.38. The van der Waals surface area contributed by atoms with E-state index in [9.17, 15) is 29.1 Å². The van der Waals surface area contributed by atoms with Gasteiger partial charge in [0.15, 0.2) is 5.41 Å². The number of aromatic hydroxyl groups is 1. The summed E-state index contributed by atoms with van der Waals surface area (Å²) in [6, 6.07) is 4.24. The summed E-state index contributed by atoms with van der Waals surface area (Å²) < 4.78 is 1.25. The number of rotatable bonds is 3. The molecule has 0 unspecified atom stereocenters. The molecule has 1 spiro atoms. The fraction of sp³-hybridized carbons (Fsp3) is 0.500. The number of hydrogen-bond acceptors (Lipinski definition) is 8. The van der Waals surface area contributed by atoms with Crippen molar-refractivity contribution in [3.63, 3.8) is 0 Å². The Labute approximate surface area is 229 Å². The number of urea groups is 1. The number of benzene rings is 1. The second-order valence-corrected chi connectivity index (χ2v) is 11.2. The van der Waals surface area contributed by atoms with E-state index in [0.29, 0.717) is 18.7 Å². The summed E-state index contributed by atoms with van der Waals surface area (Å²) in [7, 11) is 2.81. The molecule has 0 radical (unpaired) electrons. The minimum Gasteiger partial charge on any atom is -0.494 e. The molecule has 2 N–H and O–H groups in total. The van der Waals surface area contributed by atoms with Gasteiger partial charge in [-0.2, -0.15) is 0 Å². The SMILES string of the molecule is CN1C(=O)N(C)C(=O)C2(Cc3cc(N=Cc4c(O)n(C5CCCCC5)c(=O)[nH]c4=O)ccc3N3CCC[C@@H]32)C1=O. The second kappa shape index (κ2) is 9.46. The third kappa shape index (κ3) is 3.72. The van der Waals surface area contributed by atoms with Gasteiger partial charge in [0.25, 0.3) is 5.56 Å². The van der Waals surface area contributed by atoms with Crippen LogP contribution in [0.3, 0.4) is 0 Å². The molecule has 3 aliphatic heterocycles. The summed E-state index contributed by atoms with van der Waals surface area (Å²) in [5.41, 5.74) is -0.816. The highest BCUT2D eigenvalue weighted by molar-refractivity contribution is 6.20. The second-order valence-electron chi connectivity index (χ2n) is 11.2. The van der Waals surface area contributed by atoms with Crippen LogP contribution in [-0.2, 0) is 16.0 Å². The van der Waals surface area contributed by atoms with Gasteiger partial charge < -0.3 is 10.0 Å². The van der Waals surface area contributed by atoms with E-state index in [2.05, 4.69) is 14.9 Å². The smallest absolute Gasteiger partial charge is 0.332 e. The first kappa shape index (κ1) is 26.0. The van der Waals surface area contributed by atoms with Gasteiger partial charge in [-0.1, -0.05) is 19.3 Å². The molecule has 3 fully saturated rings. The predicted octanol–water partition coefficient (Wildman–Crippen LogP) is 2.06. The number of aromatic nitrogens is 2. The van der Waals surface area contributed by atoms with Crippen molar-refractivity contribution in [2.75, 3.05) is 25.5 Å². The number of carbonyl (C=O) groups excluding carboxylic acids is 3. The van der Waals surface area contributed by atoms with Crippen molar-refractivity contribution in [2.24, 2.45) is 10.4 Å². The lowest BCUT2D eigenvalue weighted by atomic mass is 9.68. The summed E-state index contributed by atoms with van der Waals surface area (Å²) in [6.07, 6.45) is 7.27. The molecule has 4 heterocycles. The molecule has 6 rings (SSSR count). The number of imide groups is 2. The lowest BCUT2D eigenvalue weighted by molar-refractivity contribution is -0.159. The molecular formula is C28H32N6O6. The van der Waals surface area contributed by atoms with Gasteiger partial charge in [-0.3, -0.25) is 38.7 Å². The number of aromatic amines is 1. The van der Waals surface area contributed by atoms with E-state index in [0.717, 1.165) is 59.6 Å². The van der Waals surface area contributed by atoms with Crippen LogP contribution >= 0.6 is 0 Å². The third-order valence-corrected chi connectivity index (χ3v) is 9.05. The topological polar surface area (TPSA) is 148 Å². The molecule has 4 amide bonds. The molecule has 12 heteroatoms. The van der Waals surface area contributed by atoms with Crippen molar-refractivity contribution in [2.45, 2.75) is 63.5 Å². The van der Waals surface area contributed by atoms with Crippen molar-refractivity contribution in [1.82, 2.24) is 19.4 Å². The first-order valence-electron chi connectivity index (χ1n) is 13.8. The van der Waals surface area contributed by atoms with E-state index in [1.165, 1.54) is 24.9 Å². The number of nitrogens with zero attached hydrogens (tertiary/aromatic N) is 5. The number of carbonyl (C=O) groups is 3. The van der Waals surface area contributed by atoms with Crippen molar-refractivity contribution in [3.8, 4) is 5.88 Å². The number of anilines is 1. The highest BCUT2D eigenvalue weighted by atomic mass is 16.3. The summed E-state index contributed by atoms with van der Waals surface area (Å²) in [6.45, 7) is 0.677. The number of H-pyrrole nitrogens is 1. The average Bonchev–Trinajstić information content (AvgIpc) is 3.45. The minimum absolute atomic E-state index is 0.113. The first-order valence-corrected chi connectivity index (χ1v) is 13.8. The van der Waals surface area contributed by atoms with Gasteiger partial charge in [-0.05, 0) is 55.9 Å². The maximum Gasteiger partial charge on any atom is 0.332 e. The predicted molar refractivity (Wildman–Crippen MR) is 146 cm³/mol. The van der Waals surface area contributed by atoms with E-state index in [4.69, 9.17) is 0 Å². The van der Waals surface area contributed by atoms with E-state index < -0.39 is 40.4 Å². The van der Waals surface area contributed by atoms with Gasteiger partial charge >= 0.3 is 11.7 Å². The minimum atomic E-state index is -1.42. The van der Waals surface area contributed by atoms with Gasteiger partial charge in [0.2, 0.25) is 17.7 Å². The molecule has 1 aromatic carbocycles. The molecule has 1 aromatic heterocycles. The Morgan fingerprint density at radius 3 is 2.38 bits per heavy atom. The molecular weight excluding hydrogens is 516 g/mol. The first-order chi connectivity index (χ1) is 19.1.